The number of aryl methyl sites for hydroxylation is 2. The van der Waals surface area contributed by atoms with Crippen molar-refractivity contribution in [2.24, 2.45) is 0 Å². The highest BCUT2D eigenvalue weighted by Crippen LogP contribution is 2.26. The van der Waals surface area contributed by atoms with Crippen LogP contribution >= 0.6 is 0 Å². The average Bonchev–Trinajstić information content (AvgIpc) is 2.76. The van der Waals surface area contributed by atoms with Crippen molar-refractivity contribution in [1.82, 2.24) is 10.1 Å². The Morgan fingerprint density at radius 3 is 2.70 bits per heavy atom. The fraction of sp³-hybridized carbons (Fsp3) is 0.615. The zero-order chi connectivity index (χ0) is 14.9. The number of carboxylic acid groups (broad SMARTS) is 1. The Balaban J connectivity index is 2.23. The highest BCUT2D eigenvalue weighted by molar-refractivity contribution is 5.88. The summed E-state index contributed by atoms with van der Waals surface area (Å²) < 4.78 is 10.2. The minimum Gasteiger partial charge on any atom is -0.480 e. The van der Waals surface area contributed by atoms with Crippen molar-refractivity contribution in [3.63, 3.8) is 0 Å². The molecule has 0 bridgehead atoms. The third-order valence-electron chi connectivity index (χ3n) is 3.59. The first-order valence-corrected chi connectivity index (χ1v) is 6.47. The molecule has 0 radical (unpaired) electrons. The topological polar surface area (TPSA) is 92.9 Å². The molecule has 1 fully saturated rings. The van der Waals surface area contributed by atoms with E-state index in [2.05, 4.69) is 5.16 Å². The molecule has 7 heteroatoms. The van der Waals surface area contributed by atoms with Crippen LogP contribution in [0.1, 0.15) is 29.9 Å². The van der Waals surface area contributed by atoms with Crippen LogP contribution in [0.4, 0.5) is 0 Å². The van der Waals surface area contributed by atoms with Crippen LogP contribution in [0, 0.1) is 13.8 Å². The number of nitrogens with zero attached hydrogens (tertiary/aromatic N) is 2. The van der Waals surface area contributed by atoms with Crippen LogP contribution in [0.2, 0.25) is 0 Å². The SMILES string of the molecule is Cc1noc(C)c1[C@@H](C)C(=O)N1CCOC[C@@H]1C(=O)O. The van der Waals surface area contributed by atoms with Gasteiger partial charge in [0.1, 0.15) is 5.76 Å². The average molecular weight is 282 g/mol. The van der Waals surface area contributed by atoms with E-state index in [0.29, 0.717) is 18.1 Å². The van der Waals surface area contributed by atoms with Gasteiger partial charge in [0.15, 0.2) is 6.04 Å². The van der Waals surface area contributed by atoms with Crippen LogP contribution < -0.4 is 0 Å². The van der Waals surface area contributed by atoms with Gasteiger partial charge in [0.2, 0.25) is 5.91 Å². The molecule has 0 aromatic carbocycles. The van der Waals surface area contributed by atoms with Gasteiger partial charge in [-0.2, -0.15) is 0 Å². The summed E-state index contributed by atoms with van der Waals surface area (Å²) in [6, 6.07) is -0.931. The molecule has 0 saturated carbocycles. The van der Waals surface area contributed by atoms with Gasteiger partial charge in [-0.1, -0.05) is 5.16 Å². The van der Waals surface area contributed by atoms with Gasteiger partial charge in [-0.05, 0) is 20.8 Å². The lowest BCUT2D eigenvalue weighted by atomic mass is 9.97. The lowest BCUT2D eigenvalue weighted by Gasteiger charge is -2.34. The summed E-state index contributed by atoms with van der Waals surface area (Å²) in [5.74, 6) is -1.19. The van der Waals surface area contributed by atoms with E-state index in [1.165, 1.54) is 4.90 Å². The number of carbonyl (C=O) groups is 2. The van der Waals surface area contributed by atoms with Crippen molar-refractivity contribution < 1.29 is 24.0 Å². The zero-order valence-corrected chi connectivity index (χ0v) is 11.8. The smallest absolute Gasteiger partial charge is 0.328 e. The molecule has 1 aromatic rings. The van der Waals surface area contributed by atoms with Gasteiger partial charge in [0.25, 0.3) is 0 Å². The molecule has 1 N–H and O–H groups in total. The third-order valence-corrected chi connectivity index (χ3v) is 3.59. The van der Waals surface area contributed by atoms with Crippen molar-refractivity contribution in [3.05, 3.63) is 17.0 Å². The molecular weight excluding hydrogens is 264 g/mol. The van der Waals surface area contributed by atoms with Crippen molar-refractivity contribution >= 4 is 11.9 Å². The number of morpholine rings is 1. The van der Waals surface area contributed by atoms with E-state index in [4.69, 9.17) is 9.26 Å². The Bertz CT molecular complexity index is 505. The Labute approximate surface area is 116 Å². The second-order valence-corrected chi connectivity index (χ2v) is 4.92. The van der Waals surface area contributed by atoms with Crippen LogP contribution in [0.25, 0.3) is 0 Å². The lowest BCUT2D eigenvalue weighted by molar-refractivity contribution is -0.158. The zero-order valence-electron chi connectivity index (χ0n) is 11.8. The Morgan fingerprint density at radius 1 is 1.45 bits per heavy atom. The van der Waals surface area contributed by atoms with Crippen molar-refractivity contribution in [1.29, 1.82) is 0 Å². The molecule has 2 atom stereocenters. The maximum atomic E-state index is 12.6. The first kappa shape index (κ1) is 14.5. The third kappa shape index (κ3) is 2.53. The van der Waals surface area contributed by atoms with E-state index in [-0.39, 0.29) is 19.1 Å². The minimum absolute atomic E-state index is 0.0232. The van der Waals surface area contributed by atoms with E-state index in [1.807, 2.05) is 0 Å². The molecule has 1 aliphatic rings. The first-order chi connectivity index (χ1) is 9.43. The highest BCUT2D eigenvalue weighted by atomic mass is 16.5. The van der Waals surface area contributed by atoms with E-state index in [0.717, 1.165) is 5.56 Å². The predicted octanol–water partition coefficient (Wildman–Crippen LogP) is 0.707. The second-order valence-electron chi connectivity index (χ2n) is 4.92. The number of hydrogen-bond donors (Lipinski definition) is 1. The van der Waals surface area contributed by atoms with Gasteiger partial charge in [-0.3, -0.25) is 4.79 Å². The number of hydrogen-bond acceptors (Lipinski definition) is 5. The van der Waals surface area contributed by atoms with Gasteiger partial charge in [0.05, 0.1) is 24.8 Å². The number of amides is 1. The minimum atomic E-state index is -1.05. The largest absolute Gasteiger partial charge is 0.480 e. The summed E-state index contributed by atoms with van der Waals surface area (Å²) in [4.78, 5) is 25.1. The molecular formula is C13H18N2O5. The molecule has 1 saturated heterocycles. The summed E-state index contributed by atoms with van der Waals surface area (Å²) in [5.41, 5.74) is 1.38. The normalized spacial score (nSPS) is 20.8. The quantitative estimate of drug-likeness (QED) is 0.877. The van der Waals surface area contributed by atoms with Crippen LogP contribution in [-0.4, -0.2) is 52.8 Å². The molecule has 1 aromatic heterocycles. The lowest BCUT2D eigenvalue weighted by Crippen LogP contribution is -2.53. The summed E-state index contributed by atoms with van der Waals surface area (Å²) in [5, 5.41) is 13.0. The van der Waals surface area contributed by atoms with Crippen LogP contribution in [0.3, 0.4) is 0 Å². The molecule has 1 aliphatic heterocycles. The van der Waals surface area contributed by atoms with Gasteiger partial charge in [-0.15, -0.1) is 0 Å². The van der Waals surface area contributed by atoms with Crippen molar-refractivity contribution in [3.8, 4) is 0 Å². The molecule has 0 unspecified atom stereocenters. The van der Waals surface area contributed by atoms with Crippen LogP contribution in [0.15, 0.2) is 4.52 Å². The molecule has 7 nitrogen and oxygen atoms in total. The number of carboxylic acids is 1. The standard InChI is InChI=1S/C13H18N2O5/c1-7(11-8(2)14-20-9(11)3)12(16)15-4-5-19-6-10(15)13(17)18/h7,10H,4-6H2,1-3H3,(H,17,18)/t7-,10-/m1/s1. The molecule has 2 rings (SSSR count). The molecule has 110 valence electrons. The second kappa shape index (κ2) is 5.62. The Morgan fingerprint density at radius 2 is 2.15 bits per heavy atom. The van der Waals surface area contributed by atoms with Crippen LogP contribution in [-0.2, 0) is 14.3 Å². The molecule has 0 spiro atoms. The first-order valence-electron chi connectivity index (χ1n) is 6.47. The highest BCUT2D eigenvalue weighted by Gasteiger charge is 2.36. The summed E-state index contributed by atoms with van der Waals surface area (Å²) in [6.07, 6.45) is 0. The van der Waals surface area contributed by atoms with Crippen molar-refractivity contribution in [2.45, 2.75) is 32.7 Å². The predicted molar refractivity (Wildman–Crippen MR) is 68.3 cm³/mol. The number of carbonyl (C=O) groups excluding carboxylic acids is 1. The number of aromatic nitrogens is 1. The van der Waals surface area contributed by atoms with E-state index < -0.39 is 17.9 Å². The number of rotatable bonds is 3. The maximum absolute atomic E-state index is 12.6. The van der Waals surface area contributed by atoms with Gasteiger partial charge < -0.3 is 19.3 Å². The van der Waals surface area contributed by atoms with Gasteiger partial charge >= 0.3 is 5.97 Å². The maximum Gasteiger partial charge on any atom is 0.328 e. The number of aliphatic carboxylic acids is 1. The summed E-state index contributed by atoms with van der Waals surface area (Å²) in [7, 11) is 0. The molecule has 20 heavy (non-hydrogen) atoms. The molecule has 0 aliphatic carbocycles. The van der Waals surface area contributed by atoms with Gasteiger partial charge in [0, 0.05) is 12.1 Å². The van der Waals surface area contributed by atoms with E-state index in [1.54, 1.807) is 20.8 Å². The molecule has 1 amide bonds. The van der Waals surface area contributed by atoms with E-state index in [9.17, 15) is 14.7 Å². The fourth-order valence-corrected chi connectivity index (χ4v) is 2.55. The van der Waals surface area contributed by atoms with Crippen molar-refractivity contribution in [2.75, 3.05) is 19.8 Å². The van der Waals surface area contributed by atoms with Crippen LogP contribution in [0.5, 0.6) is 0 Å². The molecule has 2 heterocycles. The number of ether oxygens (including phenoxy) is 1. The fourth-order valence-electron chi connectivity index (χ4n) is 2.55. The monoisotopic (exact) mass is 282 g/mol. The van der Waals surface area contributed by atoms with Gasteiger partial charge in [-0.25, -0.2) is 4.79 Å². The summed E-state index contributed by atoms with van der Waals surface area (Å²) in [6.45, 7) is 5.91. The Kier molecular flexibility index (Phi) is 4.08. The van der Waals surface area contributed by atoms with E-state index >= 15 is 0 Å². The summed E-state index contributed by atoms with van der Waals surface area (Å²) >= 11 is 0. The Hall–Kier alpha value is -1.89.